The minimum atomic E-state index is -3.01. The Morgan fingerprint density at radius 2 is 1.73 bits per heavy atom. The standard InChI is InChI=1S/C6H14O5/c1-2-5(8)4(3-7)6(9,10)11/h4-5,7-11H,2-3H2,1H3. The summed E-state index contributed by atoms with van der Waals surface area (Å²) >= 11 is 0. The zero-order valence-corrected chi connectivity index (χ0v) is 6.30. The summed E-state index contributed by atoms with van der Waals surface area (Å²) in [6.07, 6.45) is -0.894. The molecule has 0 amide bonds. The van der Waals surface area contributed by atoms with Gasteiger partial charge < -0.3 is 25.5 Å². The highest BCUT2D eigenvalue weighted by atomic mass is 16.7. The molecule has 2 atom stereocenters. The van der Waals surface area contributed by atoms with Crippen molar-refractivity contribution >= 4 is 0 Å². The van der Waals surface area contributed by atoms with E-state index in [0.29, 0.717) is 0 Å². The first kappa shape index (κ1) is 10.8. The van der Waals surface area contributed by atoms with E-state index < -0.39 is 24.6 Å². The molecule has 5 N–H and O–H groups in total. The summed E-state index contributed by atoms with van der Waals surface area (Å²) in [7, 11) is 0. The third-order valence-electron chi connectivity index (χ3n) is 1.58. The van der Waals surface area contributed by atoms with Gasteiger partial charge in [-0.25, -0.2) is 0 Å². The van der Waals surface area contributed by atoms with E-state index in [9.17, 15) is 0 Å². The SMILES string of the molecule is CCC(O)C(CO)C(O)(O)O. The highest BCUT2D eigenvalue weighted by molar-refractivity contribution is 4.72. The average Bonchev–Trinajstić information content (AvgIpc) is 1.86. The Morgan fingerprint density at radius 3 is 1.82 bits per heavy atom. The predicted octanol–water partition coefficient (Wildman–Crippen LogP) is -2.00. The Balaban J connectivity index is 4.16. The van der Waals surface area contributed by atoms with Gasteiger partial charge in [-0.3, -0.25) is 0 Å². The van der Waals surface area contributed by atoms with Gasteiger partial charge in [0.15, 0.2) is 0 Å². The summed E-state index contributed by atoms with van der Waals surface area (Å²) in [5.74, 6) is -4.35. The lowest BCUT2D eigenvalue weighted by Crippen LogP contribution is -2.46. The molecule has 0 aliphatic rings. The van der Waals surface area contributed by atoms with Crippen molar-refractivity contribution in [3.63, 3.8) is 0 Å². The highest BCUT2D eigenvalue weighted by Crippen LogP contribution is 2.17. The van der Waals surface area contributed by atoms with Gasteiger partial charge in [-0.15, -0.1) is 0 Å². The molecule has 0 radical (unpaired) electrons. The van der Waals surface area contributed by atoms with Crippen molar-refractivity contribution in [3.8, 4) is 0 Å². The van der Waals surface area contributed by atoms with E-state index in [-0.39, 0.29) is 6.42 Å². The van der Waals surface area contributed by atoms with Gasteiger partial charge in [-0.2, -0.15) is 0 Å². The number of aliphatic hydroxyl groups is 5. The Hall–Kier alpha value is -0.200. The summed E-state index contributed by atoms with van der Waals surface area (Å²) in [5.41, 5.74) is 0. The largest absolute Gasteiger partial charge is 0.396 e. The molecular formula is C6H14O5. The Bertz CT molecular complexity index is 108. The van der Waals surface area contributed by atoms with Crippen LogP contribution in [0.1, 0.15) is 13.3 Å². The first-order chi connectivity index (χ1) is 4.93. The second-order valence-corrected chi connectivity index (χ2v) is 2.45. The molecule has 0 aliphatic carbocycles. The summed E-state index contributed by atoms with van der Waals surface area (Å²) in [6.45, 7) is 0.914. The molecule has 5 nitrogen and oxygen atoms in total. The van der Waals surface area contributed by atoms with Crippen molar-refractivity contribution in [2.75, 3.05) is 6.61 Å². The summed E-state index contributed by atoms with van der Waals surface area (Å²) in [5, 5.41) is 43.2. The highest BCUT2D eigenvalue weighted by Gasteiger charge is 2.36. The minimum absolute atomic E-state index is 0.231. The van der Waals surface area contributed by atoms with Crippen LogP contribution in [-0.2, 0) is 0 Å². The fourth-order valence-electron chi connectivity index (χ4n) is 0.787. The van der Waals surface area contributed by atoms with Gasteiger partial charge in [0, 0.05) is 0 Å². The van der Waals surface area contributed by atoms with E-state index in [1.807, 2.05) is 0 Å². The summed E-state index contributed by atoms with van der Waals surface area (Å²) in [4.78, 5) is 0. The lowest BCUT2D eigenvalue weighted by atomic mass is 9.99. The molecule has 0 bridgehead atoms. The van der Waals surface area contributed by atoms with Gasteiger partial charge >= 0.3 is 0 Å². The summed E-state index contributed by atoms with van der Waals surface area (Å²) in [6, 6.07) is 0. The third kappa shape index (κ3) is 3.13. The smallest absolute Gasteiger partial charge is 0.283 e. The topological polar surface area (TPSA) is 101 Å². The van der Waals surface area contributed by atoms with Crippen LogP contribution in [0.3, 0.4) is 0 Å². The van der Waals surface area contributed by atoms with E-state index in [1.165, 1.54) is 0 Å². The zero-order chi connectivity index (χ0) is 9.07. The zero-order valence-electron chi connectivity index (χ0n) is 6.30. The van der Waals surface area contributed by atoms with Crippen molar-refractivity contribution in [3.05, 3.63) is 0 Å². The molecule has 0 aromatic rings. The normalized spacial score (nSPS) is 18.0. The molecule has 0 saturated heterocycles. The van der Waals surface area contributed by atoms with Crippen LogP contribution in [-0.4, -0.2) is 44.2 Å². The molecule has 0 spiro atoms. The average molecular weight is 166 g/mol. The first-order valence-corrected chi connectivity index (χ1v) is 3.39. The Morgan fingerprint density at radius 1 is 1.27 bits per heavy atom. The molecule has 0 rings (SSSR count). The minimum Gasteiger partial charge on any atom is -0.396 e. The van der Waals surface area contributed by atoms with Crippen molar-refractivity contribution in [2.24, 2.45) is 5.92 Å². The number of hydrogen-bond donors (Lipinski definition) is 5. The number of rotatable bonds is 4. The van der Waals surface area contributed by atoms with Crippen molar-refractivity contribution in [2.45, 2.75) is 25.4 Å². The van der Waals surface area contributed by atoms with Gasteiger partial charge in [-0.05, 0) is 6.42 Å². The van der Waals surface area contributed by atoms with Gasteiger partial charge in [0.1, 0.15) is 0 Å². The van der Waals surface area contributed by atoms with Crippen LogP contribution in [0.4, 0.5) is 0 Å². The molecule has 0 aromatic heterocycles. The van der Waals surface area contributed by atoms with Crippen LogP contribution in [0.5, 0.6) is 0 Å². The van der Waals surface area contributed by atoms with Crippen LogP contribution >= 0.6 is 0 Å². The fourth-order valence-corrected chi connectivity index (χ4v) is 0.787. The maximum absolute atomic E-state index is 9.01. The van der Waals surface area contributed by atoms with Gasteiger partial charge in [0.05, 0.1) is 18.6 Å². The monoisotopic (exact) mass is 166 g/mol. The number of aliphatic hydroxyl groups excluding tert-OH is 2. The second-order valence-electron chi connectivity index (χ2n) is 2.45. The molecule has 0 saturated carbocycles. The first-order valence-electron chi connectivity index (χ1n) is 3.39. The van der Waals surface area contributed by atoms with E-state index in [2.05, 4.69) is 0 Å². The van der Waals surface area contributed by atoms with E-state index in [0.717, 1.165) is 0 Å². The van der Waals surface area contributed by atoms with Gasteiger partial charge in [0.2, 0.25) is 0 Å². The van der Waals surface area contributed by atoms with E-state index in [4.69, 9.17) is 25.5 Å². The lowest BCUT2D eigenvalue weighted by molar-refractivity contribution is -0.357. The van der Waals surface area contributed by atoms with Crippen molar-refractivity contribution in [1.29, 1.82) is 0 Å². The van der Waals surface area contributed by atoms with Crippen molar-refractivity contribution in [1.82, 2.24) is 0 Å². The maximum atomic E-state index is 9.01. The maximum Gasteiger partial charge on any atom is 0.283 e. The van der Waals surface area contributed by atoms with E-state index >= 15 is 0 Å². The predicted molar refractivity (Wildman–Crippen MR) is 36.3 cm³/mol. The van der Waals surface area contributed by atoms with Crippen LogP contribution in [0, 0.1) is 5.92 Å². The van der Waals surface area contributed by atoms with Crippen LogP contribution < -0.4 is 0 Å². The molecule has 2 unspecified atom stereocenters. The van der Waals surface area contributed by atoms with E-state index in [1.54, 1.807) is 6.92 Å². The molecule has 68 valence electrons. The van der Waals surface area contributed by atoms with Crippen LogP contribution in [0.25, 0.3) is 0 Å². The van der Waals surface area contributed by atoms with Crippen LogP contribution in [0.2, 0.25) is 0 Å². The fraction of sp³-hybridized carbons (Fsp3) is 1.00. The van der Waals surface area contributed by atoms with Gasteiger partial charge in [0.25, 0.3) is 5.97 Å². The van der Waals surface area contributed by atoms with Crippen LogP contribution in [0.15, 0.2) is 0 Å². The lowest BCUT2D eigenvalue weighted by Gasteiger charge is -2.27. The summed E-state index contributed by atoms with van der Waals surface area (Å²) < 4.78 is 0. The quantitative estimate of drug-likeness (QED) is 0.311. The molecule has 0 fully saturated rings. The van der Waals surface area contributed by atoms with Crippen molar-refractivity contribution < 1.29 is 25.5 Å². The molecule has 11 heavy (non-hydrogen) atoms. The third-order valence-corrected chi connectivity index (χ3v) is 1.58. The molecule has 0 aliphatic heterocycles. The molecule has 0 aromatic carbocycles. The number of hydrogen-bond acceptors (Lipinski definition) is 5. The second kappa shape index (κ2) is 3.99. The molecular weight excluding hydrogens is 152 g/mol. The van der Waals surface area contributed by atoms with Gasteiger partial charge in [-0.1, -0.05) is 6.92 Å². The Labute approximate surface area is 64.5 Å². The molecule has 5 heteroatoms. The Kier molecular flexibility index (Phi) is 3.91. The molecule has 0 heterocycles.